The van der Waals surface area contributed by atoms with E-state index in [0.717, 1.165) is 11.1 Å². The minimum Gasteiger partial charge on any atom is -0.453 e. The smallest absolute Gasteiger partial charge is 0.322 e. The number of amides is 1. The van der Waals surface area contributed by atoms with E-state index in [0.29, 0.717) is 11.3 Å². The molecule has 4 aromatic rings. The molecule has 26 heavy (non-hydrogen) atoms. The molecule has 6 nitrogen and oxygen atoms in total. The number of aromatic nitrogens is 3. The zero-order valence-electron chi connectivity index (χ0n) is 13.9. The maximum absolute atomic E-state index is 12.1. The van der Waals surface area contributed by atoms with Crippen LogP contribution in [-0.2, 0) is 4.79 Å². The van der Waals surface area contributed by atoms with Gasteiger partial charge >= 0.3 is 6.01 Å². The van der Waals surface area contributed by atoms with E-state index in [1.165, 1.54) is 0 Å². The van der Waals surface area contributed by atoms with Crippen molar-refractivity contribution in [3.8, 4) is 17.1 Å². The molecule has 0 saturated carbocycles. The van der Waals surface area contributed by atoms with E-state index in [-0.39, 0.29) is 18.5 Å². The number of nitrogens with one attached hydrogen (secondary N) is 1. The molecule has 1 N–H and O–H groups in total. The van der Waals surface area contributed by atoms with Crippen molar-refractivity contribution in [2.75, 3.05) is 11.9 Å². The normalized spacial score (nSPS) is 10.6. The second kappa shape index (κ2) is 7.06. The minimum atomic E-state index is -0.259. The van der Waals surface area contributed by atoms with Gasteiger partial charge in [-0.15, -0.1) is 5.10 Å². The predicted octanol–water partition coefficient (Wildman–Crippen LogP) is 3.41. The monoisotopic (exact) mass is 344 g/mol. The number of anilines is 1. The van der Waals surface area contributed by atoms with Crippen molar-refractivity contribution in [2.45, 2.75) is 0 Å². The number of rotatable bonds is 5. The fourth-order valence-electron chi connectivity index (χ4n) is 2.62. The highest BCUT2D eigenvalue weighted by Gasteiger charge is 2.09. The van der Waals surface area contributed by atoms with Gasteiger partial charge in [-0.25, -0.2) is 0 Å². The standard InChI is InChI=1S/C20H16N4O2/c25-19(14-26-20-23-22-18-8-4-5-13-24(18)20)21-17-11-9-16(10-12-17)15-6-2-1-3-7-15/h1-13H,14H2,(H,21,25). The number of carbonyl (C=O) groups is 1. The third kappa shape index (κ3) is 3.39. The van der Waals surface area contributed by atoms with Crippen LogP contribution in [0.15, 0.2) is 79.0 Å². The van der Waals surface area contributed by atoms with Crippen molar-refractivity contribution in [1.82, 2.24) is 14.6 Å². The molecule has 6 heteroatoms. The van der Waals surface area contributed by atoms with Gasteiger partial charge in [-0.2, -0.15) is 0 Å². The maximum Gasteiger partial charge on any atom is 0.322 e. The summed E-state index contributed by atoms with van der Waals surface area (Å²) in [5.41, 5.74) is 3.60. The van der Waals surface area contributed by atoms with Gasteiger partial charge in [0.2, 0.25) is 0 Å². The lowest BCUT2D eigenvalue weighted by atomic mass is 10.1. The molecule has 0 radical (unpaired) electrons. The Bertz CT molecular complexity index is 1030. The molecular formula is C20H16N4O2. The lowest BCUT2D eigenvalue weighted by Crippen LogP contribution is -2.20. The van der Waals surface area contributed by atoms with Crippen LogP contribution >= 0.6 is 0 Å². The van der Waals surface area contributed by atoms with E-state index in [2.05, 4.69) is 15.5 Å². The molecule has 1 amide bonds. The van der Waals surface area contributed by atoms with Crippen molar-refractivity contribution in [1.29, 1.82) is 0 Å². The van der Waals surface area contributed by atoms with Crippen LogP contribution in [0, 0.1) is 0 Å². The third-order valence-corrected chi connectivity index (χ3v) is 3.89. The summed E-state index contributed by atoms with van der Waals surface area (Å²) in [5.74, 6) is -0.259. The summed E-state index contributed by atoms with van der Waals surface area (Å²) in [6.07, 6.45) is 1.78. The Morgan fingerprint density at radius 1 is 0.885 bits per heavy atom. The van der Waals surface area contributed by atoms with Crippen LogP contribution in [0.25, 0.3) is 16.8 Å². The number of ether oxygens (including phenoxy) is 1. The summed E-state index contributed by atoms with van der Waals surface area (Å²) in [6.45, 7) is -0.143. The Labute approximate surface area is 150 Å². The molecule has 0 aliphatic rings. The van der Waals surface area contributed by atoms with Crippen LogP contribution in [0.1, 0.15) is 0 Å². The van der Waals surface area contributed by atoms with E-state index in [4.69, 9.17) is 4.74 Å². The average Bonchev–Trinajstić information content (AvgIpc) is 3.11. The summed E-state index contributed by atoms with van der Waals surface area (Å²) in [7, 11) is 0. The van der Waals surface area contributed by atoms with Crippen LogP contribution < -0.4 is 10.1 Å². The first-order valence-electron chi connectivity index (χ1n) is 8.17. The third-order valence-electron chi connectivity index (χ3n) is 3.89. The van der Waals surface area contributed by atoms with Gasteiger partial charge in [0.1, 0.15) is 0 Å². The van der Waals surface area contributed by atoms with Gasteiger partial charge in [-0.3, -0.25) is 9.20 Å². The summed E-state index contributed by atoms with van der Waals surface area (Å²) in [5, 5.41) is 10.7. The molecule has 0 unspecified atom stereocenters. The first kappa shape index (κ1) is 15.8. The van der Waals surface area contributed by atoms with Crippen LogP contribution in [0.3, 0.4) is 0 Å². The summed E-state index contributed by atoms with van der Waals surface area (Å²) < 4.78 is 7.15. The molecule has 2 aromatic carbocycles. The Morgan fingerprint density at radius 3 is 2.42 bits per heavy atom. The molecule has 2 aromatic heterocycles. The highest BCUT2D eigenvalue weighted by molar-refractivity contribution is 5.92. The van der Waals surface area contributed by atoms with Gasteiger partial charge in [0.15, 0.2) is 12.3 Å². The topological polar surface area (TPSA) is 68.5 Å². The lowest BCUT2D eigenvalue weighted by Gasteiger charge is -2.07. The van der Waals surface area contributed by atoms with Gasteiger partial charge in [0.25, 0.3) is 5.91 Å². The largest absolute Gasteiger partial charge is 0.453 e. The fraction of sp³-hybridized carbons (Fsp3) is 0.0500. The zero-order valence-corrected chi connectivity index (χ0v) is 13.9. The first-order chi connectivity index (χ1) is 12.8. The molecule has 4 rings (SSSR count). The van der Waals surface area contributed by atoms with Gasteiger partial charge in [0, 0.05) is 11.9 Å². The Hall–Kier alpha value is -3.67. The Balaban J connectivity index is 1.37. The van der Waals surface area contributed by atoms with Gasteiger partial charge in [-0.1, -0.05) is 53.6 Å². The van der Waals surface area contributed by atoms with Crippen LogP contribution in [0.4, 0.5) is 5.69 Å². The summed E-state index contributed by atoms with van der Waals surface area (Å²) >= 11 is 0. The lowest BCUT2D eigenvalue weighted by molar-refractivity contribution is -0.118. The second-order valence-electron chi connectivity index (χ2n) is 5.69. The molecule has 0 atom stereocenters. The number of hydrogen-bond donors (Lipinski definition) is 1. The molecule has 0 fully saturated rings. The van der Waals surface area contributed by atoms with Crippen LogP contribution in [0.2, 0.25) is 0 Å². The average molecular weight is 344 g/mol. The minimum absolute atomic E-state index is 0.143. The molecule has 0 spiro atoms. The number of fused-ring (bicyclic) bond motifs is 1. The number of pyridine rings is 1. The SMILES string of the molecule is O=C(COc1nnc2ccccn12)Nc1ccc(-c2ccccc2)cc1. The predicted molar refractivity (Wildman–Crippen MR) is 99.0 cm³/mol. The Morgan fingerprint density at radius 2 is 1.62 bits per heavy atom. The van der Waals surface area contributed by atoms with Gasteiger partial charge in [-0.05, 0) is 35.4 Å². The van der Waals surface area contributed by atoms with E-state index < -0.39 is 0 Å². The molecule has 0 aliphatic carbocycles. The molecule has 0 bridgehead atoms. The number of nitrogens with zero attached hydrogens (tertiary/aromatic N) is 3. The van der Waals surface area contributed by atoms with E-state index in [1.54, 1.807) is 10.6 Å². The number of benzene rings is 2. The number of carbonyl (C=O) groups excluding carboxylic acids is 1. The summed E-state index contributed by atoms with van der Waals surface area (Å²) in [4.78, 5) is 12.1. The molecule has 2 heterocycles. The second-order valence-corrected chi connectivity index (χ2v) is 5.69. The molecule has 128 valence electrons. The van der Waals surface area contributed by atoms with Crippen LogP contribution in [-0.4, -0.2) is 27.1 Å². The van der Waals surface area contributed by atoms with Gasteiger partial charge < -0.3 is 10.1 Å². The molecular weight excluding hydrogens is 328 g/mol. The van der Waals surface area contributed by atoms with Gasteiger partial charge in [0.05, 0.1) is 0 Å². The van der Waals surface area contributed by atoms with Crippen molar-refractivity contribution in [3.63, 3.8) is 0 Å². The molecule has 0 aliphatic heterocycles. The zero-order chi connectivity index (χ0) is 17.8. The van der Waals surface area contributed by atoms with E-state index >= 15 is 0 Å². The van der Waals surface area contributed by atoms with Crippen molar-refractivity contribution in [2.24, 2.45) is 0 Å². The number of hydrogen-bond acceptors (Lipinski definition) is 4. The highest BCUT2D eigenvalue weighted by Crippen LogP contribution is 2.21. The van der Waals surface area contributed by atoms with Crippen LogP contribution in [0.5, 0.6) is 6.01 Å². The maximum atomic E-state index is 12.1. The quantitative estimate of drug-likeness (QED) is 0.602. The van der Waals surface area contributed by atoms with E-state index in [1.807, 2.05) is 72.8 Å². The highest BCUT2D eigenvalue weighted by atomic mass is 16.5. The Kier molecular flexibility index (Phi) is 4.30. The summed E-state index contributed by atoms with van der Waals surface area (Å²) in [6, 6.07) is 23.6. The van der Waals surface area contributed by atoms with Crippen molar-refractivity contribution < 1.29 is 9.53 Å². The molecule has 0 saturated heterocycles. The van der Waals surface area contributed by atoms with Crippen molar-refractivity contribution in [3.05, 3.63) is 79.0 Å². The first-order valence-corrected chi connectivity index (χ1v) is 8.17. The van der Waals surface area contributed by atoms with E-state index in [9.17, 15) is 4.79 Å². The van der Waals surface area contributed by atoms with Crippen molar-refractivity contribution >= 4 is 17.2 Å². The fourth-order valence-corrected chi connectivity index (χ4v) is 2.62.